The van der Waals surface area contributed by atoms with E-state index >= 15 is 0 Å². The van der Waals surface area contributed by atoms with Gasteiger partial charge >= 0.3 is 12.0 Å². The van der Waals surface area contributed by atoms with Gasteiger partial charge in [-0.2, -0.15) is 0 Å². The Bertz CT molecular complexity index is 1070. The van der Waals surface area contributed by atoms with Crippen LogP contribution in [0.5, 0.6) is 0 Å². The molecule has 2 amide bonds. The zero-order valence-corrected chi connectivity index (χ0v) is 21.4. The van der Waals surface area contributed by atoms with Crippen LogP contribution >= 0.6 is 11.8 Å². The number of benzene rings is 3. The summed E-state index contributed by atoms with van der Waals surface area (Å²) >= 11 is 1.63. The van der Waals surface area contributed by atoms with Crippen molar-refractivity contribution >= 4 is 29.4 Å². The minimum absolute atomic E-state index is 0.0696. The molecule has 0 atom stereocenters. The molecule has 3 aromatic carbocycles. The van der Waals surface area contributed by atoms with Crippen molar-refractivity contribution in [1.29, 1.82) is 0 Å². The third-order valence-electron chi connectivity index (χ3n) is 5.46. The van der Waals surface area contributed by atoms with E-state index in [1.807, 2.05) is 72.5 Å². The number of nitrogens with one attached hydrogen (secondary N) is 1. The zero-order chi connectivity index (χ0) is 24.9. The lowest BCUT2D eigenvalue weighted by molar-refractivity contribution is -0.142. The Morgan fingerprint density at radius 2 is 1.66 bits per heavy atom. The molecule has 3 aromatic rings. The highest BCUT2D eigenvalue weighted by molar-refractivity contribution is 7.99. The molecular formula is C29H34N2O3S. The molecule has 0 aromatic heterocycles. The van der Waals surface area contributed by atoms with Crippen molar-refractivity contribution in [1.82, 2.24) is 5.32 Å². The average Bonchev–Trinajstić information content (AvgIpc) is 2.86. The van der Waals surface area contributed by atoms with Crippen LogP contribution in [0.25, 0.3) is 0 Å². The molecule has 0 spiro atoms. The maximum Gasteiger partial charge on any atom is 0.321 e. The molecule has 5 nitrogen and oxygen atoms in total. The molecular weight excluding hydrogens is 456 g/mol. The Balaban J connectivity index is 1.63. The van der Waals surface area contributed by atoms with Crippen molar-refractivity contribution in [2.24, 2.45) is 0 Å². The Labute approximate surface area is 212 Å². The molecule has 1 N–H and O–H groups in total. The highest BCUT2D eigenvalue weighted by Gasteiger charge is 2.15. The molecule has 0 fully saturated rings. The number of anilines is 1. The number of esters is 1. The Kier molecular flexibility index (Phi) is 10.7. The molecule has 0 saturated carbocycles. The molecule has 3 rings (SSSR count). The molecule has 0 aliphatic heterocycles. The van der Waals surface area contributed by atoms with Crippen molar-refractivity contribution in [3.05, 3.63) is 90.0 Å². The highest BCUT2D eigenvalue weighted by atomic mass is 32.2. The first-order valence-corrected chi connectivity index (χ1v) is 13.0. The van der Waals surface area contributed by atoms with Crippen LogP contribution in [0, 0.1) is 0 Å². The number of carbonyl (C=O) groups is 2. The molecule has 0 bridgehead atoms. The summed E-state index contributed by atoms with van der Waals surface area (Å²) in [5.74, 6) is -0.213. The minimum atomic E-state index is -0.213. The molecule has 0 unspecified atom stereocenters. The lowest BCUT2D eigenvalue weighted by Gasteiger charge is -2.24. The van der Waals surface area contributed by atoms with Gasteiger partial charge < -0.3 is 10.1 Å². The van der Waals surface area contributed by atoms with Gasteiger partial charge in [-0.3, -0.25) is 9.69 Å². The molecule has 6 heteroatoms. The fourth-order valence-electron chi connectivity index (χ4n) is 3.62. The van der Waals surface area contributed by atoms with Crippen LogP contribution in [0.4, 0.5) is 10.5 Å². The Morgan fingerprint density at radius 3 is 2.37 bits per heavy atom. The Hall–Kier alpha value is -3.25. The number of urea groups is 1. The van der Waals surface area contributed by atoms with E-state index in [1.165, 1.54) is 5.56 Å². The first kappa shape index (κ1) is 26.4. The number of unbranched alkanes of at least 4 members (excludes halogenated alkanes) is 1. The van der Waals surface area contributed by atoms with Crippen LogP contribution in [-0.4, -0.2) is 31.7 Å². The van der Waals surface area contributed by atoms with Crippen LogP contribution in [0.15, 0.2) is 88.7 Å². The van der Waals surface area contributed by atoms with E-state index in [4.69, 9.17) is 4.74 Å². The first-order valence-electron chi connectivity index (χ1n) is 12.2. The number of hydrogen-bond donors (Lipinski definition) is 1. The summed E-state index contributed by atoms with van der Waals surface area (Å²) in [5.41, 5.74) is 3.03. The molecule has 0 radical (unpaired) electrons. The first-order chi connectivity index (χ1) is 17.1. The van der Waals surface area contributed by atoms with Gasteiger partial charge in [0.05, 0.1) is 13.0 Å². The van der Waals surface area contributed by atoms with Gasteiger partial charge in [0.2, 0.25) is 0 Å². The van der Waals surface area contributed by atoms with E-state index in [0.29, 0.717) is 19.7 Å². The fraction of sp³-hybridized carbons (Fsp3) is 0.310. The summed E-state index contributed by atoms with van der Waals surface area (Å²) in [6.45, 7) is 5.60. The van der Waals surface area contributed by atoms with Crippen molar-refractivity contribution in [2.45, 2.75) is 49.3 Å². The maximum absolute atomic E-state index is 13.1. The topological polar surface area (TPSA) is 58.6 Å². The van der Waals surface area contributed by atoms with Gasteiger partial charge in [-0.1, -0.05) is 73.6 Å². The predicted molar refractivity (Wildman–Crippen MR) is 143 cm³/mol. The van der Waals surface area contributed by atoms with E-state index in [9.17, 15) is 9.59 Å². The van der Waals surface area contributed by atoms with Crippen molar-refractivity contribution in [2.75, 3.05) is 24.6 Å². The van der Waals surface area contributed by atoms with Gasteiger partial charge in [-0.25, -0.2) is 4.79 Å². The number of ether oxygens (including phenoxy) is 1. The normalized spacial score (nSPS) is 10.6. The largest absolute Gasteiger partial charge is 0.466 e. The fourth-order valence-corrected chi connectivity index (χ4v) is 4.49. The quantitative estimate of drug-likeness (QED) is 0.294. The van der Waals surface area contributed by atoms with E-state index in [0.717, 1.165) is 40.3 Å². The monoisotopic (exact) mass is 490 g/mol. The van der Waals surface area contributed by atoms with Crippen LogP contribution in [0.1, 0.15) is 37.8 Å². The standard InChI is InChI=1S/C29H34N2O3S/c1-3-5-20-31(29(33)30-19-18-23-10-7-6-8-11-23)25-12-9-13-27(22-25)35-26-16-14-24(15-17-26)21-28(32)34-4-2/h6-17,22H,3-5,18-21H2,1-2H3,(H,30,33). The van der Waals surface area contributed by atoms with Gasteiger partial charge in [0.1, 0.15) is 0 Å². The van der Waals surface area contributed by atoms with Crippen LogP contribution < -0.4 is 10.2 Å². The van der Waals surface area contributed by atoms with E-state index in [-0.39, 0.29) is 18.4 Å². The number of hydrogen-bond acceptors (Lipinski definition) is 4. The molecule has 0 heterocycles. The number of rotatable bonds is 12. The summed E-state index contributed by atoms with van der Waals surface area (Å²) in [6.07, 6.45) is 3.03. The molecule has 184 valence electrons. The van der Waals surface area contributed by atoms with Gasteiger partial charge in [-0.05, 0) is 61.2 Å². The van der Waals surface area contributed by atoms with Crippen LogP contribution in [-0.2, 0) is 22.4 Å². The molecule has 0 aliphatic rings. The SMILES string of the molecule is CCCCN(C(=O)NCCc1ccccc1)c1cccc(Sc2ccc(CC(=O)OCC)cc2)c1. The predicted octanol–water partition coefficient (Wildman–Crippen LogP) is 6.50. The van der Waals surface area contributed by atoms with Crippen LogP contribution in [0.3, 0.4) is 0 Å². The molecule has 35 heavy (non-hydrogen) atoms. The second-order valence-corrected chi connectivity index (χ2v) is 9.34. The number of nitrogens with zero attached hydrogens (tertiary/aromatic N) is 1. The van der Waals surface area contributed by atoms with Gasteiger partial charge in [0, 0.05) is 28.6 Å². The van der Waals surface area contributed by atoms with E-state index in [1.54, 1.807) is 11.8 Å². The second kappa shape index (κ2) is 14.2. The number of carbonyl (C=O) groups excluding carboxylic acids is 2. The summed E-state index contributed by atoms with van der Waals surface area (Å²) in [5, 5.41) is 3.08. The molecule has 0 saturated heterocycles. The third kappa shape index (κ3) is 8.80. The van der Waals surface area contributed by atoms with Crippen molar-refractivity contribution in [3.63, 3.8) is 0 Å². The lowest BCUT2D eigenvalue weighted by Crippen LogP contribution is -2.41. The second-order valence-electron chi connectivity index (χ2n) is 8.20. The summed E-state index contributed by atoms with van der Waals surface area (Å²) in [4.78, 5) is 28.7. The summed E-state index contributed by atoms with van der Waals surface area (Å²) in [6, 6.07) is 26.1. The minimum Gasteiger partial charge on any atom is -0.466 e. The lowest BCUT2D eigenvalue weighted by atomic mass is 10.1. The highest BCUT2D eigenvalue weighted by Crippen LogP contribution is 2.31. The Morgan fingerprint density at radius 1 is 0.886 bits per heavy atom. The summed E-state index contributed by atoms with van der Waals surface area (Å²) < 4.78 is 5.02. The van der Waals surface area contributed by atoms with Crippen LogP contribution in [0.2, 0.25) is 0 Å². The maximum atomic E-state index is 13.1. The van der Waals surface area contributed by atoms with E-state index in [2.05, 4.69) is 30.4 Å². The average molecular weight is 491 g/mol. The van der Waals surface area contributed by atoms with Crippen molar-refractivity contribution in [3.8, 4) is 0 Å². The summed E-state index contributed by atoms with van der Waals surface area (Å²) in [7, 11) is 0. The van der Waals surface area contributed by atoms with Crippen molar-refractivity contribution < 1.29 is 14.3 Å². The number of amides is 2. The third-order valence-corrected chi connectivity index (χ3v) is 6.45. The zero-order valence-electron chi connectivity index (χ0n) is 20.5. The van der Waals surface area contributed by atoms with Gasteiger partial charge in [0.15, 0.2) is 0 Å². The smallest absolute Gasteiger partial charge is 0.321 e. The van der Waals surface area contributed by atoms with Gasteiger partial charge in [0.25, 0.3) is 0 Å². The van der Waals surface area contributed by atoms with E-state index < -0.39 is 0 Å². The van der Waals surface area contributed by atoms with Gasteiger partial charge in [-0.15, -0.1) is 0 Å². The molecule has 0 aliphatic carbocycles.